The monoisotopic (exact) mass is 255 g/mol. The molecule has 1 fully saturated rings. The predicted molar refractivity (Wildman–Crippen MR) is 68.5 cm³/mol. The first-order valence-electron chi connectivity index (χ1n) is 6.08. The average molecular weight is 256 g/mol. The Morgan fingerprint density at radius 2 is 2.53 bits per heavy atom. The minimum Gasteiger partial charge on any atom is -0.347 e. The summed E-state index contributed by atoms with van der Waals surface area (Å²) in [4.78, 5) is 12.1. The second kappa shape index (κ2) is 5.56. The largest absolute Gasteiger partial charge is 0.347 e. The van der Waals surface area contributed by atoms with Crippen LogP contribution in [0.4, 0.5) is 0 Å². The molecule has 0 aliphatic carbocycles. The van der Waals surface area contributed by atoms with E-state index in [0.29, 0.717) is 10.7 Å². The van der Waals surface area contributed by atoms with Gasteiger partial charge < -0.3 is 15.2 Å². The van der Waals surface area contributed by atoms with Gasteiger partial charge in [-0.15, -0.1) is 0 Å². The highest BCUT2D eigenvalue weighted by Gasteiger charge is 2.19. The summed E-state index contributed by atoms with van der Waals surface area (Å²) >= 11 is 5.95. The predicted octanol–water partition coefficient (Wildman–Crippen LogP) is 1.64. The summed E-state index contributed by atoms with van der Waals surface area (Å²) in [5.41, 5.74) is 0.656. The molecule has 0 radical (unpaired) electrons. The summed E-state index contributed by atoms with van der Waals surface area (Å²) in [7, 11) is 0. The van der Waals surface area contributed by atoms with Crippen LogP contribution in [0.2, 0.25) is 5.02 Å². The Hall–Kier alpha value is -1.00. The van der Waals surface area contributed by atoms with E-state index < -0.39 is 0 Å². The van der Waals surface area contributed by atoms with Gasteiger partial charge in [-0.3, -0.25) is 4.79 Å². The standard InChI is InChI=1S/C12H18ClN3O/c1-2-5-16-8-9(13)6-11(16)12(17)15-10-3-4-14-7-10/h6,8,10,14H,2-5,7H2,1H3,(H,15,17)/t10-/m1/s1. The number of amides is 1. The molecule has 94 valence electrons. The second-order valence-corrected chi connectivity index (χ2v) is 4.84. The summed E-state index contributed by atoms with van der Waals surface area (Å²) in [6.45, 7) is 4.73. The van der Waals surface area contributed by atoms with E-state index in [4.69, 9.17) is 11.6 Å². The van der Waals surface area contributed by atoms with Crippen LogP contribution in [0, 0.1) is 0 Å². The molecule has 2 heterocycles. The Balaban J connectivity index is 2.06. The molecule has 1 aliphatic heterocycles. The first-order valence-corrected chi connectivity index (χ1v) is 6.45. The number of carbonyl (C=O) groups excluding carboxylic acids is 1. The van der Waals surface area contributed by atoms with Crippen molar-refractivity contribution in [3.8, 4) is 0 Å². The van der Waals surface area contributed by atoms with Crippen molar-refractivity contribution in [1.29, 1.82) is 0 Å². The quantitative estimate of drug-likeness (QED) is 0.859. The van der Waals surface area contributed by atoms with Crippen LogP contribution in [0.1, 0.15) is 30.3 Å². The molecule has 1 atom stereocenters. The zero-order chi connectivity index (χ0) is 12.3. The summed E-state index contributed by atoms with van der Waals surface area (Å²) in [5, 5.41) is 6.87. The minimum atomic E-state index is -0.0287. The van der Waals surface area contributed by atoms with E-state index >= 15 is 0 Å². The third-order valence-electron chi connectivity index (χ3n) is 2.96. The molecular formula is C12H18ClN3O. The Labute approximate surface area is 106 Å². The zero-order valence-corrected chi connectivity index (χ0v) is 10.8. The van der Waals surface area contributed by atoms with Crippen LogP contribution in [0.3, 0.4) is 0 Å². The molecule has 1 saturated heterocycles. The molecule has 0 saturated carbocycles. The number of nitrogens with one attached hydrogen (secondary N) is 2. The number of carbonyl (C=O) groups is 1. The van der Waals surface area contributed by atoms with E-state index in [-0.39, 0.29) is 11.9 Å². The van der Waals surface area contributed by atoms with E-state index in [0.717, 1.165) is 32.5 Å². The van der Waals surface area contributed by atoms with Crippen LogP contribution in [-0.2, 0) is 6.54 Å². The number of halogens is 1. The molecular weight excluding hydrogens is 238 g/mol. The lowest BCUT2D eigenvalue weighted by molar-refractivity contribution is 0.0930. The zero-order valence-electron chi connectivity index (χ0n) is 10.0. The smallest absolute Gasteiger partial charge is 0.268 e. The summed E-state index contributed by atoms with van der Waals surface area (Å²) in [6.07, 6.45) is 3.79. The molecule has 0 unspecified atom stereocenters. The van der Waals surface area contributed by atoms with E-state index in [1.165, 1.54) is 0 Å². The van der Waals surface area contributed by atoms with Gasteiger partial charge in [-0.05, 0) is 25.5 Å². The number of aryl methyl sites for hydroxylation is 1. The van der Waals surface area contributed by atoms with Gasteiger partial charge in [0.2, 0.25) is 0 Å². The number of hydrogen-bond acceptors (Lipinski definition) is 2. The van der Waals surface area contributed by atoms with Crippen molar-refractivity contribution in [2.24, 2.45) is 0 Å². The highest BCUT2D eigenvalue weighted by Crippen LogP contribution is 2.15. The average Bonchev–Trinajstić information content (AvgIpc) is 2.88. The van der Waals surface area contributed by atoms with Gasteiger partial charge in [-0.25, -0.2) is 0 Å². The fourth-order valence-corrected chi connectivity index (χ4v) is 2.35. The maximum Gasteiger partial charge on any atom is 0.268 e. The molecule has 1 aromatic rings. The van der Waals surface area contributed by atoms with Crippen molar-refractivity contribution in [2.75, 3.05) is 13.1 Å². The molecule has 2 N–H and O–H groups in total. The molecule has 4 nitrogen and oxygen atoms in total. The topological polar surface area (TPSA) is 46.1 Å². The minimum absolute atomic E-state index is 0.0287. The van der Waals surface area contributed by atoms with Gasteiger partial charge in [-0.1, -0.05) is 18.5 Å². The van der Waals surface area contributed by atoms with Gasteiger partial charge in [0.1, 0.15) is 5.69 Å². The van der Waals surface area contributed by atoms with Crippen LogP contribution in [0.25, 0.3) is 0 Å². The van der Waals surface area contributed by atoms with Crippen molar-refractivity contribution in [3.63, 3.8) is 0 Å². The molecule has 1 amide bonds. The van der Waals surface area contributed by atoms with Gasteiger partial charge in [0.15, 0.2) is 0 Å². The molecule has 5 heteroatoms. The lowest BCUT2D eigenvalue weighted by atomic mass is 10.2. The van der Waals surface area contributed by atoms with E-state index in [1.54, 1.807) is 6.07 Å². The first kappa shape index (κ1) is 12.5. The van der Waals surface area contributed by atoms with Gasteiger partial charge in [0.05, 0.1) is 5.02 Å². The molecule has 1 aliphatic rings. The van der Waals surface area contributed by atoms with E-state index in [1.807, 2.05) is 10.8 Å². The second-order valence-electron chi connectivity index (χ2n) is 4.40. The molecule has 2 rings (SSSR count). The third kappa shape index (κ3) is 3.01. The normalized spacial score (nSPS) is 19.5. The van der Waals surface area contributed by atoms with Crippen LogP contribution in [0.15, 0.2) is 12.3 Å². The Bertz CT molecular complexity index is 396. The lowest BCUT2D eigenvalue weighted by Gasteiger charge is -2.12. The molecule has 0 bridgehead atoms. The number of aromatic nitrogens is 1. The van der Waals surface area contributed by atoms with Crippen LogP contribution >= 0.6 is 11.6 Å². The molecule has 17 heavy (non-hydrogen) atoms. The Kier molecular flexibility index (Phi) is 4.07. The van der Waals surface area contributed by atoms with Crippen LogP contribution < -0.4 is 10.6 Å². The van der Waals surface area contributed by atoms with E-state index in [2.05, 4.69) is 17.6 Å². The summed E-state index contributed by atoms with van der Waals surface area (Å²) in [6, 6.07) is 1.97. The molecule has 0 aromatic carbocycles. The van der Waals surface area contributed by atoms with Crippen LogP contribution in [-0.4, -0.2) is 29.6 Å². The van der Waals surface area contributed by atoms with Gasteiger partial charge in [0, 0.05) is 25.3 Å². The molecule has 1 aromatic heterocycles. The van der Waals surface area contributed by atoms with Crippen molar-refractivity contribution < 1.29 is 4.79 Å². The van der Waals surface area contributed by atoms with Crippen molar-refractivity contribution >= 4 is 17.5 Å². The Morgan fingerprint density at radius 1 is 1.71 bits per heavy atom. The highest BCUT2D eigenvalue weighted by atomic mass is 35.5. The number of hydrogen-bond donors (Lipinski definition) is 2. The van der Waals surface area contributed by atoms with Gasteiger partial charge in [0.25, 0.3) is 5.91 Å². The van der Waals surface area contributed by atoms with Crippen molar-refractivity contribution in [1.82, 2.24) is 15.2 Å². The van der Waals surface area contributed by atoms with Crippen LogP contribution in [0.5, 0.6) is 0 Å². The highest BCUT2D eigenvalue weighted by molar-refractivity contribution is 6.31. The van der Waals surface area contributed by atoms with Gasteiger partial charge >= 0.3 is 0 Å². The third-order valence-corrected chi connectivity index (χ3v) is 3.16. The summed E-state index contributed by atoms with van der Waals surface area (Å²) in [5.74, 6) is -0.0287. The van der Waals surface area contributed by atoms with Gasteiger partial charge in [-0.2, -0.15) is 0 Å². The fourth-order valence-electron chi connectivity index (χ4n) is 2.13. The fraction of sp³-hybridized carbons (Fsp3) is 0.583. The van der Waals surface area contributed by atoms with E-state index in [9.17, 15) is 4.79 Å². The van der Waals surface area contributed by atoms with Crippen molar-refractivity contribution in [2.45, 2.75) is 32.4 Å². The lowest BCUT2D eigenvalue weighted by Crippen LogP contribution is -2.37. The van der Waals surface area contributed by atoms with Crippen molar-refractivity contribution in [3.05, 3.63) is 23.0 Å². The molecule has 0 spiro atoms. The number of rotatable bonds is 4. The summed E-state index contributed by atoms with van der Waals surface area (Å²) < 4.78 is 1.92. The maximum absolute atomic E-state index is 12.1. The number of nitrogens with zero attached hydrogens (tertiary/aromatic N) is 1. The maximum atomic E-state index is 12.1. The first-order chi connectivity index (χ1) is 8.20. The Morgan fingerprint density at radius 3 is 3.18 bits per heavy atom. The SMILES string of the molecule is CCCn1cc(Cl)cc1C(=O)N[C@@H]1CCNC1.